The molecule has 0 spiro atoms. The van der Waals surface area contributed by atoms with Gasteiger partial charge < -0.3 is 19.8 Å². The molecule has 1 unspecified atom stereocenters. The summed E-state index contributed by atoms with van der Waals surface area (Å²) in [5.41, 5.74) is 1.43. The summed E-state index contributed by atoms with van der Waals surface area (Å²) < 4.78 is 2.24. The molecule has 0 bridgehead atoms. The zero-order valence-electron chi connectivity index (χ0n) is 18.1. The second kappa shape index (κ2) is 8.51. The summed E-state index contributed by atoms with van der Waals surface area (Å²) in [6, 6.07) is 15.5. The number of aromatic nitrogens is 5. The van der Waals surface area contributed by atoms with Crippen LogP contribution in [0.15, 0.2) is 82.7 Å². The molecule has 5 aromatic rings. The van der Waals surface area contributed by atoms with Crippen LogP contribution in [0.4, 0.5) is 0 Å². The first kappa shape index (κ1) is 22.0. The van der Waals surface area contributed by atoms with Gasteiger partial charge in [0, 0.05) is 23.6 Å². The van der Waals surface area contributed by atoms with Crippen LogP contribution in [0.25, 0.3) is 22.2 Å². The predicted octanol–water partition coefficient (Wildman–Crippen LogP) is 3.95. The zero-order valence-corrected chi connectivity index (χ0v) is 19.7. The Morgan fingerprint density at radius 3 is 2.65 bits per heavy atom. The van der Waals surface area contributed by atoms with Gasteiger partial charge in [-0.25, -0.2) is 9.97 Å². The molecule has 1 atom stereocenters. The third-order valence-electron chi connectivity index (χ3n) is 5.84. The molecule has 3 N–H and O–H groups in total. The number of benzene rings is 1. The van der Waals surface area contributed by atoms with Gasteiger partial charge in [-0.2, -0.15) is 0 Å². The minimum Gasteiger partial charge on any atom is -0.506 e. The first-order valence-corrected chi connectivity index (χ1v) is 11.4. The van der Waals surface area contributed by atoms with E-state index < -0.39 is 5.60 Å². The van der Waals surface area contributed by atoms with E-state index in [0.29, 0.717) is 44.9 Å². The quantitative estimate of drug-likeness (QED) is 0.304. The molecule has 4 heterocycles. The average Bonchev–Trinajstić information content (AvgIpc) is 3.39. The minimum absolute atomic E-state index is 0.0324. The molecule has 0 aliphatic rings. The van der Waals surface area contributed by atoms with Gasteiger partial charge in [-0.1, -0.05) is 12.1 Å². The predicted molar refractivity (Wildman–Crippen MR) is 131 cm³/mol. The maximum Gasteiger partial charge on any atom is 0.251 e. The van der Waals surface area contributed by atoms with Crippen LogP contribution in [0.2, 0.25) is 0 Å². The van der Waals surface area contributed by atoms with Gasteiger partial charge in [0.1, 0.15) is 10.4 Å². The number of aromatic hydroxyl groups is 1. The van der Waals surface area contributed by atoms with Crippen molar-refractivity contribution in [2.75, 3.05) is 0 Å². The molecule has 0 aliphatic carbocycles. The van der Waals surface area contributed by atoms with Crippen molar-refractivity contribution < 1.29 is 10.2 Å². The molecule has 1 aromatic carbocycles. The Morgan fingerprint density at radius 2 is 1.97 bits per heavy atom. The van der Waals surface area contributed by atoms with Gasteiger partial charge in [0.05, 0.1) is 41.3 Å². The summed E-state index contributed by atoms with van der Waals surface area (Å²) in [4.78, 5) is 28.8. The van der Waals surface area contributed by atoms with Gasteiger partial charge in [0.2, 0.25) is 0 Å². The van der Waals surface area contributed by atoms with Crippen molar-refractivity contribution in [3.05, 3.63) is 105 Å². The number of nitrogens with zero attached hydrogens (tertiary/aromatic N) is 4. The van der Waals surface area contributed by atoms with Gasteiger partial charge in [0.25, 0.3) is 5.56 Å². The third-order valence-corrected chi connectivity index (χ3v) is 6.28. The number of aromatic amines is 1. The zero-order chi connectivity index (χ0) is 23.9. The number of fused-ring (bicyclic) bond motifs is 1. The lowest BCUT2D eigenvalue weighted by atomic mass is 9.85. The maximum absolute atomic E-state index is 12.9. The van der Waals surface area contributed by atoms with E-state index in [1.165, 1.54) is 24.7 Å². The largest absolute Gasteiger partial charge is 0.506 e. The Hall–Kier alpha value is -3.82. The van der Waals surface area contributed by atoms with Crippen molar-refractivity contribution in [2.45, 2.75) is 19.1 Å². The van der Waals surface area contributed by atoms with E-state index >= 15 is 0 Å². The summed E-state index contributed by atoms with van der Waals surface area (Å²) >= 11 is 3.39. The Balaban J connectivity index is 1.83. The molecule has 8 nitrogen and oxygen atoms in total. The number of pyridine rings is 3. The normalized spacial score (nSPS) is 13.1. The topological polar surface area (TPSA) is 117 Å². The Kier molecular flexibility index (Phi) is 5.51. The lowest BCUT2D eigenvalue weighted by Crippen LogP contribution is -2.31. The highest BCUT2D eigenvalue weighted by Crippen LogP contribution is 2.38. The second-order valence-corrected chi connectivity index (χ2v) is 8.61. The molecule has 0 radical (unpaired) electrons. The number of nitrogens with one attached hydrogen (secondary N) is 1. The van der Waals surface area contributed by atoms with Crippen molar-refractivity contribution in [3.8, 4) is 17.0 Å². The first-order valence-electron chi connectivity index (χ1n) is 10.6. The molecule has 0 aliphatic heterocycles. The SMILES string of the molecule is CCn1c(=O)cc(-c2ccc(O)cn2)c2cc(C(O)(c3cccc(Br)n3)c3cnc[nH]3)ccc21. The molecule has 170 valence electrons. The lowest BCUT2D eigenvalue weighted by Gasteiger charge is -2.28. The van der Waals surface area contributed by atoms with E-state index in [1.807, 2.05) is 19.1 Å². The third kappa shape index (κ3) is 3.59. The highest BCUT2D eigenvalue weighted by molar-refractivity contribution is 9.10. The summed E-state index contributed by atoms with van der Waals surface area (Å²) in [6.07, 6.45) is 4.39. The van der Waals surface area contributed by atoms with Crippen LogP contribution in [-0.4, -0.2) is 34.7 Å². The fourth-order valence-electron chi connectivity index (χ4n) is 4.20. The van der Waals surface area contributed by atoms with Crippen molar-refractivity contribution in [1.82, 2.24) is 24.5 Å². The number of hydrogen-bond donors (Lipinski definition) is 3. The van der Waals surface area contributed by atoms with E-state index in [4.69, 9.17) is 0 Å². The van der Waals surface area contributed by atoms with Crippen LogP contribution < -0.4 is 5.56 Å². The summed E-state index contributed by atoms with van der Waals surface area (Å²) in [6.45, 7) is 2.38. The van der Waals surface area contributed by atoms with Crippen molar-refractivity contribution in [2.24, 2.45) is 0 Å². The summed E-state index contributed by atoms with van der Waals surface area (Å²) in [5.74, 6) is 0.0324. The van der Waals surface area contributed by atoms with Gasteiger partial charge >= 0.3 is 0 Å². The second-order valence-electron chi connectivity index (χ2n) is 7.80. The van der Waals surface area contributed by atoms with Crippen molar-refractivity contribution in [1.29, 1.82) is 0 Å². The lowest BCUT2D eigenvalue weighted by molar-refractivity contribution is 0.116. The molecular formula is C25H20BrN5O3. The van der Waals surface area contributed by atoms with E-state index in [1.54, 1.807) is 41.1 Å². The van der Waals surface area contributed by atoms with Crippen LogP contribution in [0.3, 0.4) is 0 Å². The van der Waals surface area contributed by atoms with Crippen molar-refractivity contribution in [3.63, 3.8) is 0 Å². The molecule has 9 heteroatoms. The standard InChI is InChI=1S/C25H20BrN5O3/c1-2-31-20-9-6-15(10-18(20)17(11-24(31)33)19-8-7-16(32)12-28-19)25(34,22-13-27-14-29-22)21-4-3-5-23(26)30-21/h3-14,32,34H,2H2,1H3,(H,27,29). The number of halogens is 1. The molecule has 4 aromatic heterocycles. The van der Waals surface area contributed by atoms with Gasteiger partial charge in [-0.15, -0.1) is 0 Å². The maximum atomic E-state index is 12.9. The number of H-pyrrole nitrogens is 1. The van der Waals surface area contributed by atoms with Crippen LogP contribution in [0, 0.1) is 0 Å². The monoisotopic (exact) mass is 517 g/mol. The molecule has 0 saturated heterocycles. The molecule has 5 rings (SSSR count). The van der Waals surface area contributed by atoms with Gasteiger partial charge in [-0.05, 0) is 64.8 Å². The molecule has 0 amide bonds. The molecular weight excluding hydrogens is 498 g/mol. The fourth-order valence-corrected chi connectivity index (χ4v) is 4.54. The Labute approximate surface area is 202 Å². The number of rotatable bonds is 5. The minimum atomic E-state index is -1.64. The smallest absolute Gasteiger partial charge is 0.251 e. The van der Waals surface area contributed by atoms with E-state index in [0.717, 1.165) is 5.39 Å². The summed E-state index contributed by atoms with van der Waals surface area (Å²) in [5, 5.41) is 22.5. The number of imidazole rings is 1. The Morgan fingerprint density at radius 1 is 1.12 bits per heavy atom. The summed E-state index contributed by atoms with van der Waals surface area (Å²) in [7, 11) is 0. The molecule has 34 heavy (non-hydrogen) atoms. The van der Waals surface area contributed by atoms with Crippen LogP contribution in [0.1, 0.15) is 23.9 Å². The molecule has 0 fully saturated rings. The number of aryl methyl sites for hydroxylation is 1. The highest BCUT2D eigenvalue weighted by atomic mass is 79.9. The highest BCUT2D eigenvalue weighted by Gasteiger charge is 2.37. The average molecular weight is 518 g/mol. The first-order chi connectivity index (χ1) is 16.4. The van der Waals surface area contributed by atoms with Crippen molar-refractivity contribution >= 4 is 26.8 Å². The van der Waals surface area contributed by atoms with E-state index in [-0.39, 0.29) is 11.3 Å². The Bertz CT molecular complexity index is 1550. The number of aliphatic hydroxyl groups is 1. The van der Waals surface area contributed by atoms with Gasteiger partial charge in [0.15, 0.2) is 5.60 Å². The number of hydrogen-bond acceptors (Lipinski definition) is 6. The van der Waals surface area contributed by atoms with Gasteiger partial charge in [-0.3, -0.25) is 9.78 Å². The van der Waals surface area contributed by atoms with E-state index in [2.05, 4.69) is 35.9 Å². The van der Waals surface area contributed by atoms with E-state index in [9.17, 15) is 15.0 Å². The molecule has 0 saturated carbocycles. The van der Waals surface area contributed by atoms with Crippen LogP contribution in [-0.2, 0) is 12.1 Å². The van der Waals surface area contributed by atoms with Crippen LogP contribution in [0.5, 0.6) is 5.75 Å². The van der Waals surface area contributed by atoms with Crippen LogP contribution >= 0.6 is 15.9 Å². The fraction of sp³-hybridized carbons (Fsp3) is 0.120.